The number of rotatable bonds is 4. The number of halogens is 1. The van der Waals surface area contributed by atoms with E-state index in [1.54, 1.807) is 13.0 Å². The molecule has 1 aromatic heterocycles. The molecule has 90 valence electrons. The van der Waals surface area contributed by atoms with Crippen molar-refractivity contribution < 1.29 is 8.91 Å². The normalized spacial score (nSPS) is 11.1. The van der Waals surface area contributed by atoms with E-state index in [1.807, 2.05) is 18.0 Å². The van der Waals surface area contributed by atoms with Gasteiger partial charge in [0.2, 0.25) is 5.89 Å². The van der Waals surface area contributed by atoms with Crippen molar-refractivity contribution in [3.05, 3.63) is 47.4 Å². The minimum absolute atomic E-state index is 0.218. The summed E-state index contributed by atoms with van der Waals surface area (Å²) < 4.78 is 18.0. The van der Waals surface area contributed by atoms with E-state index in [9.17, 15) is 4.39 Å². The van der Waals surface area contributed by atoms with Gasteiger partial charge in [0.15, 0.2) is 5.82 Å². The van der Waals surface area contributed by atoms with Crippen LogP contribution in [0.2, 0.25) is 0 Å². The molecule has 1 aromatic carbocycles. The van der Waals surface area contributed by atoms with Gasteiger partial charge in [0.1, 0.15) is 5.82 Å². The van der Waals surface area contributed by atoms with Crippen molar-refractivity contribution in [1.29, 1.82) is 0 Å². The number of aryl methyl sites for hydroxylation is 1. The molecule has 0 radical (unpaired) electrons. The first kappa shape index (κ1) is 11.7. The van der Waals surface area contributed by atoms with Gasteiger partial charge in [-0.2, -0.15) is 4.98 Å². The largest absolute Gasteiger partial charge is 0.338 e. The lowest BCUT2D eigenvalue weighted by atomic mass is 10.2. The van der Waals surface area contributed by atoms with Crippen LogP contribution in [0, 0.1) is 12.7 Å². The van der Waals surface area contributed by atoms with E-state index in [0.29, 0.717) is 24.8 Å². The molecule has 0 aliphatic heterocycles. The Morgan fingerprint density at radius 3 is 2.82 bits per heavy atom. The van der Waals surface area contributed by atoms with E-state index in [4.69, 9.17) is 4.52 Å². The van der Waals surface area contributed by atoms with Gasteiger partial charge in [-0.25, -0.2) is 4.39 Å². The highest BCUT2D eigenvalue weighted by Crippen LogP contribution is 2.08. The highest BCUT2D eigenvalue weighted by atomic mass is 19.1. The van der Waals surface area contributed by atoms with Gasteiger partial charge >= 0.3 is 0 Å². The maximum atomic E-state index is 13.0. The van der Waals surface area contributed by atoms with Crippen molar-refractivity contribution in [2.75, 3.05) is 7.05 Å². The molecule has 0 aliphatic carbocycles. The average molecular weight is 235 g/mol. The topological polar surface area (TPSA) is 42.2 Å². The van der Waals surface area contributed by atoms with Gasteiger partial charge in [-0.15, -0.1) is 0 Å². The van der Waals surface area contributed by atoms with Crippen molar-refractivity contribution in [2.24, 2.45) is 0 Å². The Labute approximate surface area is 99.1 Å². The maximum absolute atomic E-state index is 13.0. The average Bonchev–Trinajstić information content (AvgIpc) is 2.63. The quantitative estimate of drug-likeness (QED) is 0.814. The SMILES string of the molecule is Cc1noc(CN(C)Cc2cccc(F)c2)n1. The van der Waals surface area contributed by atoms with Gasteiger partial charge in [0.25, 0.3) is 0 Å². The number of aromatic nitrogens is 2. The third-order valence-electron chi connectivity index (χ3n) is 2.32. The van der Waals surface area contributed by atoms with Crippen molar-refractivity contribution in [1.82, 2.24) is 15.0 Å². The van der Waals surface area contributed by atoms with Crippen LogP contribution in [0.1, 0.15) is 17.3 Å². The van der Waals surface area contributed by atoms with Crippen LogP contribution in [0.15, 0.2) is 28.8 Å². The minimum Gasteiger partial charge on any atom is -0.338 e. The molecule has 4 nitrogen and oxygen atoms in total. The van der Waals surface area contributed by atoms with E-state index in [1.165, 1.54) is 12.1 Å². The van der Waals surface area contributed by atoms with Crippen LogP contribution in [0.5, 0.6) is 0 Å². The molecule has 5 heteroatoms. The predicted molar refractivity (Wildman–Crippen MR) is 60.6 cm³/mol. The second kappa shape index (κ2) is 5.05. The third-order valence-corrected chi connectivity index (χ3v) is 2.32. The summed E-state index contributed by atoms with van der Waals surface area (Å²) in [5.41, 5.74) is 0.920. The van der Waals surface area contributed by atoms with Crippen LogP contribution in [0.3, 0.4) is 0 Å². The highest BCUT2D eigenvalue weighted by molar-refractivity contribution is 5.16. The van der Waals surface area contributed by atoms with E-state index in [0.717, 1.165) is 5.56 Å². The molecule has 0 aliphatic rings. The molecule has 0 atom stereocenters. The van der Waals surface area contributed by atoms with Crippen LogP contribution >= 0.6 is 0 Å². The summed E-state index contributed by atoms with van der Waals surface area (Å²) in [4.78, 5) is 6.10. The second-order valence-corrected chi connectivity index (χ2v) is 4.04. The lowest BCUT2D eigenvalue weighted by molar-refractivity contribution is 0.260. The Morgan fingerprint density at radius 2 is 2.18 bits per heavy atom. The fourth-order valence-electron chi connectivity index (χ4n) is 1.64. The molecule has 0 N–H and O–H groups in total. The predicted octanol–water partition coefficient (Wildman–Crippen LogP) is 2.15. The molecule has 0 fully saturated rings. The number of benzene rings is 1. The molecule has 2 aromatic rings. The van der Waals surface area contributed by atoms with Crippen molar-refractivity contribution in [3.63, 3.8) is 0 Å². The monoisotopic (exact) mass is 235 g/mol. The molecule has 1 heterocycles. The summed E-state index contributed by atoms with van der Waals surface area (Å²) in [6, 6.07) is 6.55. The standard InChI is InChI=1S/C12H14FN3O/c1-9-14-12(17-15-9)8-16(2)7-10-4-3-5-11(13)6-10/h3-6H,7-8H2,1-2H3. The van der Waals surface area contributed by atoms with Crippen molar-refractivity contribution in [3.8, 4) is 0 Å². The van der Waals surface area contributed by atoms with E-state index >= 15 is 0 Å². The number of hydrogen-bond donors (Lipinski definition) is 0. The summed E-state index contributed by atoms with van der Waals surface area (Å²) in [7, 11) is 1.92. The van der Waals surface area contributed by atoms with Crippen LogP contribution in [0.4, 0.5) is 4.39 Å². The number of nitrogens with zero attached hydrogens (tertiary/aromatic N) is 3. The van der Waals surface area contributed by atoms with Crippen LogP contribution in [-0.4, -0.2) is 22.1 Å². The molecular formula is C12H14FN3O. The molecular weight excluding hydrogens is 221 g/mol. The smallest absolute Gasteiger partial charge is 0.240 e. The van der Waals surface area contributed by atoms with E-state index in [-0.39, 0.29) is 5.82 Å². The van der Waals surface area contributed by atoms with Crippen molar-refractivity contribution >= 4 is 0 Å². The molecule has 0 spiro atoms. The van der Waals surface area contributed by atoms with Crippen molar-refractivity contribution in [2.45, 2.75) is 20.0 Å². The molecule has 0 amide bonds. The van der Waals surface area contributed by atoms with Crippen LogP contribution in [0.25, 0.3) is 0 Å². The first-order valence-corrected chi connectivity index (χ1v) is 5.35. The van der Waals surface area contributed by atoms with Gasteiger partial charge in [0, 0.05) is 6.54 Å². The van der Waals surface area contributed by atoms with Gasteiger partial charge in [-0.05, 0) is 31.7 Å². The minimum atomic E-state index is -0.218. The summed E-state index contributed by atoms with van der Waals surface area (Å²) in [6.07, 6.45) is 0. The Morgan fingerprint density at radius 1 is 1.35 bits per heavy atom. The Balaban J connectivity index is 1.95. The zero-order chi connectivity index (χ0) is 12.3. The summed E-state index contributed by atoms with van der Waals surface area (Å²) >= 11 is 0. The first-order chi connectivity index (χ1) is 8.13. The van der Waals surface area contributed by atoms with Gasteiger partial charge in [0.05, 0.1) is 6.54 Å². The second-order valence-electron chi connectivity index (χ2n) is 4.04. The zero-order valence-electron chi connectivity index (χ0n) is 9.85. The summed E-state index contributed by atoms with van der Waals surface area (Å²) in [5, 5.41) is 3.72. The Kier molecular flexibility index (Phi) is 3.49. The molecule has 2 rings (SSSR count). The fraction of sp³-hybridized carbons (Fsp3) is 0.333. The molecule has 0 saturated heterocycles. The Bertz CT molecular complexity index is 498. The van der Waals surface area contributed by atoms with Crippen LogP contribution < -0.4 is 0 Å². The Hall–Kier alpha value is -1.75. The third kappa shape index (κ3) is 3.35. The van der Waals surface area contributed by atoms with E-state index < -0.39 is 0 Å². The van der Waals surface area contributed by atoms with Gasteiger partial charge < -0.3 is 4.52 Å². The first-order valence-electron chi connectivity index (χ1n) is 5.35. The fourth-order valence-corrected chi connectivity index (χ4v) is 1.64. The molecule has 0 unspecified atom stereocenters. The lowest BCUT2D eigenvalue weighted by Crippen LogP contribution is -2.17. The number of hydrogen-bond acceptors (Lipinski definition) is 4. The molecule has 0 bridgehead atoms. The summed E-state index contributed by atoms with van der Waals surface area (Å²) in [6.45, 7) is 2.97. The summed E-state index contributed by atoms with van der Waals surface area (Å²) in [5.74, 6) is 0.977. The maximum Gasteiger partial charge on any atom is 0.240 e. The van der Waals surface area contributed by atoms with Gasteiger partial charge in [-0.1, -0.05) is 17.3 Å². The molecule has 17 heavy (non-hydrogen) atoms. The van der Waals surface area contributed by atoms with E-state index in [2.05, 4.69) is 10.1 Å². The molecule has 0 saturated carbocycles. The zero-order valence-corrected chi connectivity index (χ0v) is 9.85. The van der Waals surface area contributed by atoms with Gasteiger partial charge in [-0.3, -0.25) is 4.90 Å². The van der Waals surface area contributed by atoms with Crippen LogP contribution in [-0.2, 0) is 13.1 Å². The lowest BCUT2D eigenvalue weighted by Gasteiger charge is -2.13. The highest BCUT2D eigenvalue weighted by Gasteiger charge is 2.07.